The van der Waals surface area contributed by atoms with E-state index in [0.29, 0.717) is 24.5 Å². The Kier molecular flexibility index (Phi) is 5.78. The number of nitriles is 1. The number of aromatic nitrogens is 3. The molecule has 1 amide bonds. The van der Waals surface area contributed by atoms with E-state index in [9.17, 15) is 10.1 Å². The number of anilines is 1. The van der Waals surface area contributed by atoms with E-state index in [2.05, 4.69) is 32.3 Å². The SMILES string of the molecule is C[C@@]1(C#N)COCc2ccc(C(=O)NCc3cc4nc(-c5ccc(N6CCC6)nc5)ccc4cn3)cc21. The predicted octanol–water partition coefficient (Wildman–Crippen LogP) is 4.14. The monoisotopic (exact) mass is 490 g/mol. The third-order valence-corrected chi connectivity index (χ3v) is 7.15. The zero-order chi connectivity index (χ0) is 25.4. The molecule has 1 aromatic carbocycles. The van der Waals surface area contributed by atoms with Crippen molar-refractivity contribution in [2.24, 2.45) is 0 Å². The molecule has 2 aliphatic rings. The van der Waals surface area contributed by atoms with Gasteiger partial charge in [0.2, 0.25) is 0 Å². The Hall–Kier alpha value is -4.35. The van der Waals surface area contributed by atoms with Crippen molar-refractivity contribution in [3.63, 3.8) is 0 Å². The lowest BCUT2D eigenvalue weighted by atomic mass is 9.79. The van der Waals surface area contributed by atoms with Crippen LogP contribution in [0.4, 0.5) is 5.82 Å². The minimum absolute atomic E-state index is 0.216. The standard InChI is InChI=1S/C29H26N6O2/c1-29(17-30)18-37-16-22-4-3-19(11-24(22)29)28(36)33-15-23-12-26-21(13-31-23)5-7-25(34-26)20-6-8-27(32-14-20)35-9-2-10-35/h3-8,11-14H,2,9-10,15-16,18H2,1H3,(H,33,36)/t29-/m1/s1. The molecule has 0 saturated carbocycles. The van der Waals surface area contributed by atoms with E-state index in [1.165, 1.54) is 6.42 Å². The second-order valence-corrected chi connectivity index (χ2v) is 9.80. The van der Waals surface area contributed by atoms with Gasteiger partial charge in [-0.25, -0.2) is 9.97 Å². The number of ether oxygens (including phenoxy) is 1. The van der Waals surface area contributed by atoms with Crippen LogP contribution >= 0.6 is 0 Å². The molecule has 5 heterocycles. The van der Waals surface area contributed by atoms with E-state index in [1.54, 1.807) is 18.3 Å². The maximum absolute atomic E-state index is 12.9. The fourth-order valence-corrected chi connectivity index (χ4v) is 4.75. The minimum atomic E-state index is -0.766. The van der Waals surface area contributed by atoms with E-state index in [1.807, 2.05) is 43.5 Å². The maximum atomic E-state index is 12.9. The normalized spacial score (nSPS) is 18.5. The van der Waals surface area contributed by atoms with Crippen LogP contribution in [0.25, 0.3) is 22.2 Å². The Morgan fingerprint density at radius 3 is 2.78 bits per heavy atom. The molecule has 1 N–H and O–H groups in total. The summed E-state index contributed by atoms with van der Waals surface area (Å²) in [7, 11) is 0. The summed E-state index contributed by atoms with van der Waals surface area (Å²) in [6.45, 7) is 4.99. The van der Waals surface area contributed by atoms with Gasteiger partial charge in [-0.1, -0.05) is 6.07 Å². The number of pyridine rings is 3. The second kappa shape index (κ2) is 9.26. The average molecular weight is 491 g/mol. The number of carbonyl (C=O) groups is 1. The van der Waals surface area contributed by atoms with Crippen LogP contribution in [0.2, 0.25) is 0 Å². The van der Waals surface area contributed by atoms with Crippen LogP contribution in [0.5, 0.6) is 0 Å². The molecular formula is C29H26N6O2. The summed E-state index contributed by atoms with van der Waals surface area (Å²) < 4.78 is 5.56. The van der Waals surface area contributed by atoms with Crippen LogP contribution in [0, 0.1) is 11.3 Å². The smallest absolute Gasteiger partial charge is 0.251 e. The summed E-state index contributed by atoms with van der Waals surface area (Å²) in [6.07, 6.45) is 4.86. The second-order valence-electron chi connectivity index (χ2n) is 9.80. The number of nitrogens with zero attached hydrogens (tertiary/aromatic N) is 5. The molecule has 0 spiro atoms. The molecule has 0 unspecified atom stereocenters. The number of carbonyl (C=O) groups excluding carboxylic acids is 1. The zero-order valence-electron chi connectivity index (χ0n) is 20.6. The molecule has 3 aromatic heterocycles. The van der Waals surface area contributed by atoms with Crippen molar-refractivity contribution in [2.45, 2.75) is 31.9 Å². The molecule has 0 bridgehead atoms. The summed E-state index contributed by atoms with van der Waals surface area (Å²) in [5.74, 6) is 0.786. The number of nitrogens with one attached hydrogen (secondary N) is 1. The topological polar surface area (TPSA) is 104 Å². The van der Waals surface area contributed by atoms with Gasteiger partial charge in [-0.05, 0) is 66.9 Å². The third kappa shape index (κ3) is 4.39. The molecular weight excluding hydrogens is 464 g/mol. The maximum Gasteiger partial charge on any atom is 0.251 e. The van der Waals surface area contributed by atoms with Crippen molar-refractivity contribution in [1.29, 1.82) is 5.26 Å². The molecule has 1 fully saturated rings. The van der Waals surface area contributed by atoms with E-state index >= 15 is 0 Å². The Balaban J connectivity index is 1.18. The van der Waals surface area contributed by atoms with Gasteiger partial charge in [-0.2, -0.15) is 5.26 Å². The van der Waals surface area contributed by atoms with Gasteiger partial charge in [0.25, 0.3) is 5.91 Å². The Labute approximate surface area is 215 Å². The summed E-state index contributed by atoms with van der Waals surface area (Å²) in [6, 6.07) is 17.7. The molecule has 0 aliphatic carbocycles. The highest BCUT2D eigenvalue weighted by Crippen LogP contribution is 2.32. The van der Waals surface area contributed by atoms with Crippen LogP contribution in [-0.4, -0.2) is 40.6 Å². The van der Waals surface area contributed by atoms with Crippen LogP contribution in [0.15, 0.2) is 60.9 Å². The van der Waals surface area contributed by atoms with Crippen LogP contribution in [0.3, 0.4) is 0 Å². The van der Waals surface area contributed by atoms with Gasteiger partial charge in [0, 0.05) is 42.0 Å². The van der Waals surface area contributed by atoms with Crippen LogP contribution < -0.4 is 10.2 Å². The summed E-state index contributed by atoms with van der Waals surface area (Å²) in [5.41, 5.74) is 4.86. The number of hydrogen-bond acceptors (Lipinski definition) is 7. The molecule has 8 nitrogen and oxygen atoms in total. The van der Waals surface area contributed by atoms with Gasteiger partial charge in [-0.3, -0.25) is 9.78 Å². The Morgan fingerprint density at radius 2 is 2.03 bits per heavy atom. The van der Waals surface area contributed by atoms with Crippen LogP contribution in [0.1, 0.15) is 40.5 Å². The highest BCUT2D eigenvalue weighted by molar-refractivity contribution is 5.94. The fourth-order valence-electron chi connectivity index (χ4n) is 4.75. The molecule has 184 valence electrons. The molecule has 8 heteroatoms. The minimum Gasteiger partial charge on any atom is -0.375 e. The fraction of sp³-hybridized carbons (Fsp3) is 0.276. The zero-order valence-corrected chi connectivity index (χ0v) is 20.6. The van der Waals surface area contributed by atoms with E-state index in [-0.39, 0.29) is 12.5 Å². The van der Waals surface area contributed by atoms with E-state index in [0.717, 1.165) is 52.2 Å². The molecule has 4 aromatic rings. The predicted molar refractivity (Wildman–Crippen MR) is 140 cm³/mol. The molecule has 6 rings (SSSR count). The summed E-state index contributed by atoms with van der Waals surface area (Å²) in [5, 5.41) is 13.5. The number of benzene rings is 1. The number of amides is 1. The van der Waals surface area contributed by atoms with Gasteiger partial charge >= 0.3 is 0 Å². The number of hydrogen-bond donors (Lipinski definition) is 1. The Morgan fingerprint density at radius 1 is 1.14 bits per heavy atom. The largest absolute Gasteiger partial charge is 0.375 e. The third-order valence-electron chi connectivity index (χ3n) is 7.15. The van der Waals surface area contributed by atoms with Crippen molar-refractivity contribution >= 4 is 22.6 Å². The van der Waals surface area contributed by atoms with E-state index < -0.39 is 5.41 Å². The van der Waals surface area contributed by atoms with Crippen molar-refractivity contribution in [3.05, 3.63) is 83.3 Å². The summed E-state index contributed by atoms with van der Waals surface area (Å²) in [4.78, 5) is 29.1. The van der Waals surface area contributed by atoms with E-state index in [4.69, 9.17) is 9.72 Å². The highest BCUT2D eigenvalue weighted by Gasteiger charge is 2.33. The molecule has 1 atom stereocenters. The molecule has 2 aliphatic heterocycles. The summed E-state index contributed by atoms with van der Waals surface area (Å²) >= 11 is 0. The number of rotatable bonds is 5. The lowest BCUT2D eigenvalue weighted by Crippen LogP contribution is -2.37. The average Bonchev–Trinajstić information content (AvgIpc) is 2.91. The van der Waals surface area contributed by atoms with Crippen molar-refractivity contribution < 1.29 is 9.53 Å². The highest BCUT2D eigenvalue weighted by atomic mass is 16.5. The first-order valence-corrected chi connectivity index (χ1v) is 12.4. The molecule has 37 heavy (non-hydrogen) atoms. The lowest BCUT2D eigenvalue weighted by molar-refractivity contribution is 0.0757. The first kappa shape index (κ1) is 23.1. The van der Waals surface area contributed by atoms with Gasteiger partial charge in [-0.15, -0.1) is 0 Å². The van der Waals surface area contributed by atoms with Crippen molar-refractivity contribution in [3.8, 4) is 17.3 Å². The van der Waals surface area contributed by atoms with Gasteiger partial charge in [0.15, 0.2) is 0 Å². The quantitative estimate of drug-likeness (QED) is 0.448. The van der Waals surface area contributed by atoms with Gasteiger partial charge in [0.1, 0.15) is 11.2 Å². The van der Waals surface area contributed by atoms with Gasteiger partial charge in [0.05, 0.1) is 42.7 Å². The lowest BCUT2D eigenvalue weighted by Gasteiger charge is -2.31. The van der Waals surface area contributed by atoms with Crippen LogP contribution in [-0.2, 0) is 23.3 Å². The van der Waals surface area contributed by atoms with Crippen molar-refractivity contribution in [1.82, 2.24) is 20.3 Å². The number of fused-ring (bicyclic) bond motifs is 2. The first-order chi connectivity index (χ1) is 18.0. The first-order valence-electron chi connectivity index (χ1n) is 12.4. The van der Waals surface area contributed by atoms with Gasteiger partial charge < -0.3 is 15.0 Å². The Bertz CT molecular complexity index is 1540. The molecule has 1 saturated heterocycles. The van der Waals surface area contributed by atoms with Crippen molar-refractivity contribution in [2.75, 3.05) is 24.6 Å². The molecule has 0 radical (unpaired) electrons.